The normalized spacial score (nSPS) is 15.0. The van der Waals surface area contributed by atoms with Crippen molar-refractivity contribution in [1.82, 2.24) is 0 Å². The van der Waals surface area contributed by atoms with Crippen LogP contribution in [0.5, 0.6) is 0 Å². The molecule has 0 spiro atoms. The van der Waals surface area contributed by atoms with E-state index in [1.807, 2.05) is 12.1 Å². The lowest BCUT2D eigenvalue weighted by molar-refractivity contribution is 0.659. The molecule has 1 unspecified atom stereocenters. The third kappa shape index (κ3) is 4.74. The molecule has 1 atom stereocenters. The predicted molar refractivity (Wildman–Crippen MR) is 234 cm³/mol. The van der Waals surface area contributed by atoms with Crippen LogP contribution in [-0.2, 0) is 10.8 Å². The number of para-hydroxylation sites is 1. The van der Waals surface area contributed by atoms with Crippen molar-refractivity contribution in [3.8, 4) is 44.5 Å². The van der Waals surface area contributed by atoms with Gasteiger partial charge in [-0.2, -0.15) is 0 Å². The van der Waals surface area contributed by atoms with E-state index in [2.05, 4.69) is 191 Å². The number of hydrogen-bond donors (Lipinski definition) is 0. The lowest BCUT2D eigenvalue weighted by Gasteiger charge is -2.25. The molecule has 268 valence electrons. The van der Waals surface area contributed by atoms with E-state index in [0.29, 0.717) is 0 Å². The lowest BCUT2D eigenvalue weighted by Crippen LogP contribution is -2.15. The molecule has 0 fully saturated rings. The third-order valence-corrected chi connectivity index (χ3v) is 13.0. The van der Waals surface area contributed by atoms with Crippen molar-refractivity contribution in [3.05, 3.63) is 215 Å². The van der Waals surface area contributed by atoms with E-state index in [1.54, 1.807) is 0 Å². The summed E-state index contributed by atoms with van der Waals surface area (Å²) in [4.78, 5) is 0. The van der Waals surface area contributed by atoms with Crippen molar-refractivity contribution in [1.29, 1.82) is 0 Å². The predicted octanol–water partition coefficient (Wildman–Crippen LogP) is 14.7. The molecule has 0 radical (unpaired) electrons. The number of fused-ring (bicyclic) bond motifs is 9. The van der Waals surface area contributed by atoms with Crippen LogP contribution in [0.3, 0.4) is 0 Å². The maximum atomic E-state index is 6.34. The second-order valence-corrected chi connectivity index (χ2v) is 16.8. The summed E-state index contributed by atoms with van der Waals surface area (Å²) in [6.07, 6.45) is 0. The quantitative estimate of drug-likeness (QED) is 0.162. The molecule has 0 amide bonds. The Bertz CT molecular complexity index is 3020. The van der Waals surface area contributed by atoms with Crippen LogP contribution in [0, 0.1) is 0 Å². The fourth-order valence-corrected chi connectivity index (χ4v) is 10.2. The molecule has 0 saturated heterocycles. The first-order chi connectivity index (χ1) is 27.3. The molecule has 1 nitrogen and oxygen atoms in total. The summed E-state index contributed by atoms with van der Waals surface area (Å²) in [5.74, 6) is 0.0111. The zero-order chi connectivity index (χ0) is 37.8. The summed E-state index contributed by atoms with van der Waals surface area (Å²) in [5.41, 5.74) is 21.5. The Hall–Kier alpha value is -6.44. The molecular weight excluding hydrogens is 677 g/mol. The zero-order valence-corrected chi connectivity index (χ0v) is 32.2. The van der Waals surface area contributed by atoms with Crippen molar-refractivity contribution in [3.63, 3.8) is 0 Å². The Morgan fingerprint density at radius 3 is 1.70 bits per heavy atom. The number of benzene rings is 8. The van der Waals surface area contributed by atoms with Crippen LogP contribution >= 0.6 is 0 Å². The summed E-state index contributed by atoms with van der Waals surface area (Å²) in [6.45, 7) is 9.46. The van der Waals surface area contributed by atoms with Gasteiger partial charge in [0.15, 0.2) is 0 Å². The van der Waals surface area contributed by atoms with Crippen LogP contribution in [0.2, 0.25) is 0 Å². The van der Waals surface area contributed by atoms with E-state index in [0.717, 1.165) is 27.5 Å². The fraction of sp³-hybridized carbons (Fsp3) is 0.127. The summed E-state index contributed by atoms with van der Waals surface area (Å²) in [5, 5.41) is 2.30. The van der Waals surface area contributed by atoms with Gasteiger partial charge in [-0.3, -0.25) is 0 Å². The average molecular weight is 719 g/mol. The number of rotatable bonds is 5. The van der Waals surface area contributed by atoms with E-state index in [9.17, 15) is 0 Å². The van der Waals surface area contributed by atoms with Crippen LogP contribution in [0.4, 0.5) is 0 Å². The van der Waals surface area contributed by atoms with Gasteiger partial charge in [-0.25, -0.2) is 0 Å². The standard InChI is InChI=1S/C55H42O/c1-54(2)45-21-8-5-17-42(45)52-39(19-12-23-47(52)54)34-26-28-35(29-27-34)51(44-20-13-24-48-53(44)43-18-6-9-22-46(43)55(48,3)4)38-15-11-14-36(32-38)37-30-31-41-40-16-7-10-25-49(40)56-50(41)33-37/h5-33,51H,1-4H3. The van der Waals surface area contributed by atoms with Gasteiger partial charge < -0.3 is 4.42 Å². The minimum Gasteiger partial charge on any atom is -0.456 e. The maximum Gasteiger partial charge on any atom is 0.136 e. The van der Waals surface area contributed by atoms with E-state index >= 15 is 0 Å². The van der Waals surface area contributed by atoms with Gasteiger partial charge in [-0.05, 0) is 102 Å². The highest BCUT2D eigenvalue weighted by atomic mass is 16.3. The molecule has 8 aromatic carbocycles. The Labute approximate surface area is 328 Å². The molecule has 1 heteroatoms. The Morgan fingerprint density at radius 1 is 0.375 bits per heavy atom. The minimum atomic E-state index is -0.0854. The van der Waals surface area contributed by atoms with Crippen molar-refractivity contribution >= 4 is 21.9 Å². The van der Waals surface area contributed by atoms with Crippen LogP contribution < -0.4 is 0 Å². The fourth-order valence-electron chi connectivity index (χ4n) is 10.2. The Kier molecular flexibility index (Phi) is 7.08. The monoisotopic (exact) mass is 718 g/mol. The number of hydrogen-bond acceptors (Lipinski definition) is 1. The van der Waals surface area contributed by atoms with Crippen molar-refractivity contribution in [2.24, 2.45) is 0 Å². The van der Waals surface area contributed by atoms with Crippen LogP contribution in [0.25, 0.3) is 66.4 Å². The van der Waals surface area contributed by atoms with Gasteiger partial charge in [-0.1, -0.05) is 185 Å². The SMILES string of the molecule is CC1(C)c2ccccc2-c2c(-c3ccc(C(c4cccc(-c5ccc6c(c5)oc5ccccc56)c4)c4cccc5c4-c4ccccc4C5(C)C)cc3)cccc21. The van der Waals surface area contributed by atoms with Gasteiger partial charge >= 0.3 is 0 Å². The Balaban J connectivity index is 1.08. The van der Waals surface area contributed by atoms with E-state index in [1.165, 1.54) is 77.9 Å². The van der Waals surface area contributed by atoms with Gasteiger partial charge in [0.1, 0.15) is 11.2 Å². The molecule has 11 rings (SSSR count). The Morgan fingerprint density at radius 2 is 0.929 bits per heavy atom. The van der Waals surface area contributed by atoms with Crippen LogP contribution in [0.15, 0.2) is 180 Å². The molecule has 0 saturated carbocycles. The van der Waals surface area contributed by atoms with Gasteiger partial charge in [0, 0.05) is 27.5 Å². The second-order valence-electron chi connectivity index (χ2n) is 16.8. The largest absolute Gasteiger partial charge is 0.456 e. The molecule has 1 heterocycles. The first kappa shape index (κ1) is 32.9. The summed E-state index contributed by atoms with van der Waals surface area (Å²) in [7, 11) is 0. The molecule has 2 aliphatic carbocycles. The van der Waals surface area contributed by atoms with Crippen LogP contribution in [0.1, 0.15) is 72.6 Å². The third-order valence-electron chi connectivity index (χ3n) is 13.0. The molecule has 0 N–H and O–H groups in total. The maximum absolute atomic E-state index is 6.34. The number of furan rings is 1. The van der Waals surface area contributed by atoms with E-state index in [4.69, 9.17) is 4.42 Å². The first-order valence-electron chi connectivity index (χ1n) is 19.9. The van der Waals surface area contributed by atoms with Crippen molar-refractivity contribution in [2.75, 3.05) is 0 Å². The van der Waals surface area contributed by atoms with Crippen LogP contribution in [-0.4, -0.2) is 0 Å². The summed E-state index contributed by atoms with van der Waals surface area (Å²) in [6, 6.07) is 65.4. The topological polar surface area (TPSA) is 13.1 Å². The second kappa shape index (κ2) is 12.0. The highest BCUT2D eigenvalue weighted by molar-refractivity contribution is 6.06. The molecule has 9 aromatic rings. The van der Waals surface area contributed by atoms with Crippen molar-refractivity contribution < 1.29 is 4.42 Å². The molecular formula is C55H42O. The van der Waals surface area contributed by atoms with Crippen molar-refractivity contribution in [2.45, 2.75) is 44.4 Å². The van der Waals surface area contributed by atoms with Gasteiger partial charge in [0.25, 0.3) is 0 Å². The van der Waals surface area contributed by atoms with Gasteiger partial charge in [0.2, 0.25) is 0 Å². The van der Waals surface area contributed by atoms with Gasteiger partial charge in [-0.15, -0.1) is 0 Å². The molecule has 2 aliphatic rings. The highest BCUT2D eigenvalue weighted by Gasteiger charge is 2.39. The van der Waals surface area contributed by atoms with E-state index < -0.39 is 0 Å². The smallest absolute Gasteiger partial charge is 0.136 e. The molecule has 1 aromatic heterocycles. The summed E-state index contributed by atoms with van der Waals surface area (Å²) < 4.78 is 6.34. The summed E-state index contributed by atoms with van der Waals surface area (Å²) >= 11 is 0. The molecule has 0 bridgehead atoms. The van der Waals surface area contributed by atoms with Gasteiger partial charge in [0.05, 0.1) is 0 Å². The lowest BCUT2D eigenvalue weighted by atomic mass is 9.78. The minimum absolute atomic E-state index is 0.0111. The zero-order valence-electron chi connectivity index (χ0n) is 32.2. The first-order valence-corrected chi connectivity index (χ1v) is 19.9. The highest BCUT2D eigenvalue weighted by Crippen LogP contribution is 2.54. The molecule has 0 aliphatic heterocycles. The average Bonchev–Trinajstić information content (AvgIpc) is 3.81. The van der Waals surface area contributed by atoms with E-state index in [-0.39, 0.29) is 16.7 Å². The molecule has 56 heavy (non-hydrogen) atoms.